The minimum absolute atomic E-state index is 0.0382. The van der Waals surface area contributed by atoms with E-state index in [9.17, 15) is 4.79 Å². The second-order valence-corrected chi connectivity index (χ2v) is 7.09. The Kier molecular flexibility index (Phi) is 5.06. The lowest BCUT2D eigenvalue weighted by atomic mass is 10.1. The fraction of sp³-hybridized carbons (Fsp3) is 0.333. The zero-order chi connectivity index (χ0) is 19.5. The number of carbonyl (C=O) groups excluding carboxylic acids is 1. The number of aryl methyl sites for hydroxylation is 2. The number of nitrogens with zero attached hydrogens (tertiary/aromatic N) is 5. The Labute approximate surface area is 164 Å². The van der Waals surface area contributed by atoms with Crippen LogP contribution in [0.1, 0.15) is 34.3 Å². The Bertz CT molecular complexity index is 963. The molecule has 0 aliphatic carbocycles. The van der Waals surface area contributed by atoms with Crippen LogP contribution in [0.5, 0.6) is 5.75 Å². The minimum atomic E-state index is -0.0382. The lowest BCUT2D eigenvalue weighted by molar-refractivity contribution is 0.0594. The van der Waals surface area contributed by atoms with Gasteiger partial charge in [-0.05, 0) is 43.2 Å². The monoisotopic (exact) mass is 377 g/mol. The number of amides is 1. The van der Waals surface area contributed by atoms with Gasteiger partial charge in [-0.25, -0.2) is 14.6 Å². The van der Waals surface area contributed by atoms with Gasteiger partial charge in [0.05, 0.1) is 5.56 Å². The van der Waals surface area contributed by atoms with Crippen LogP contribution in [0, 0.1) is 13.8 Å². The van der Waals surface area contributed by atoms with Crippen molar-refractivity contribution in [3.05, 3.63) is 65.9 Å². The molecule has 1 aliphatic heterocycles. The van der Waals surface area contributed by atoms with Crippen LogP contribution in [0.3, 0.4) is 0 Å². The second kappa shape index (κ2) is 7.80. The zero-order valence-corrected chi connectivity index (χ0v) is 16.1. The first-order valence-corrected chi connectivity index (χ1v) is 9.45. The maximum absolute atomic E-state index is 13.1. The average Bonchev–Trinajstić information content (AvgIpc) is 3.25. The number of carbonyl (C=O) groups is 1. The van der Waals surface area contributed by atoms with Gasteiger partial charge in [-0.3, -0.25) is 4.79 Å². The SMILES string of the molecule is Cc1ccc(C)c(OC2CCN(C(=O)c3cccnc3-n3cncn3)CC2)c1. The van der Waals surface area contributed by atoms with Crippen LogP contribution in [0.2, 0.25) is 0 Å². The zero-order valence-electron chi connectivity index (χ0n) is 16.1. The molecule has 0 spiro atoms. The Morgan fingerprint density at radius 1 is 1.18 bits per heavy atom. The van der Waals surface area contributed by atoms with Crippen LogP contribution in [0.15, 0.2) is 49.2 Å². The fourth-order valence-corrected chi connectivity index (χ4v) is 3.42. The van der Waals surface area contributed by atoms with Gasteiger partial charge >= 0.3 is 0 Å². The first-order chi connectivity index (χ1) is 13.6. The molecule has 7 nitrogen and oxygen atoms in total. The van der Waals surface area contributed by atoms with E-state index in [1.807, 2.05) is 4.90 Å². The molecule has 1 aliphatic rings. The summed E-state index contributed by atoms with van der Waals surface area (Å²) in [4.78, 5) is 23.2. The molecule has 4 rings (SSSR count). The topological polar surface area (TPSA) is 73.1 Å². The Balaban J connectivity index is 1.43. The van der Waals surface area contributed by atoms with E-state index in [2.05, 4.69) is 47.1 Å². The highest BCUT2D eigenvalue weighted by atomic mass is 16.5. The summed E-state index contributed by atoms with van der Waals surface area (Å²) in [7, 11) is 0. The van der Waals surface area contributed by atoms with Gasteiger partial charge < -0.3 is 9.64 Å². The molecule has 3 heterocycles. The quantitative estimate of drug-likeness (QED) is 0.699. The standard InChI is InChI=1S/C21H23N5O2/c1-15-5-6-16(2)19(12-15)28-17-7-10-25(11-8-17)21(27)18-4-3-9-23-20(18)26-14-22-13-24-26/h3-6,9,12-14,17H,7-8,10-11H2,1-2H3. The second-order valence-electron chi connectivity index (χ2n) is 7.09. The maximum atomic E-state index is 13.1. The summed E-state index contributed by atoms with van der Waals surface area (Å²) < 4.78 is 7.73. The van der Waals surface area contributed by atoms with E-state index in [4.69, 9.17) is 4.74 Å². The molecule has 1 amide bonds. The van der Waals surface area contributed by atoms with Crippen LogP contribution >= 0.6 is 0 Å². The Hall–Kier alpha value is -3.22. The summed E-state index contributed by atoms with van der Waals surface area (Å²) in [6.45, 7) is 5.43. The lowest BCUT2D eigenvalue weighted by Crippen LogP contribution is -2.42. The molecule has 2 aromatic heterocycles. The summed E-state index contributed by atoms with van der Waals surface area (Å²) in [6, 6.07) is 9.80. The van der Waals surface area contributed by atoms with E-state index in [0.717, 1.165) is 24.2 Å². The highest BCUT2D eigenvalue weighted by Crippen LogP contribution is 2.25. The van der Waals surface area contributed by atoms with E-state index in [-0.39, 0.29) is 12.0 Å². The molecule has 0 N–H and O–H groups in total. The van der Waals surface area contributed by atoms with Crippen molar-refractivity contribution < 1.29 is 9.53 Å². The fourth-order valence-electron chi connectivity index (χ4n) is 3.42. The molecule has 0 bridgehead atoms. The molecular weight excluding hydrogens is 354 g/mol. The number of piperidine rings is 1. The normalized spacial score (nSPS) is 14.9. The molecule has 144 valence electrons. The number of pyridine rings is 1. The molecule has 0 unspecified atom stereocenters. The molecule has 0 atom stereocenters. The summed E-state index contributed by atoms with van der Waals surface area (Å²) in [6.07, 6.45) is 6.35. The van der Waals surface area contributed by atoms with Gasteiger partial charge in [0.1, 0.15) is 24.5 Å². The number of rotatable bonds is 4. The molecule has 7 heteroatoms. The Morgan fingerprint density at radius 3 is 2.75 bits per heavy atom. The van der Waals surface area contributed by atoms with Gasteiger partial charge in [0.15, 0.2) is 5.82 Å². The number of ether oxygens (including phenoxy) is 1. The van der Waals surface area contributed by atoms with Crippen LogP contribution < -0.4 is 4.74 Å². The van der Waals surface area contributed by atoms with Gasteiger partial charge in [-0.1, -0.05) is 12.1 Å². The van der Waals surface area contributed by atoms with Crippen LogP contribution in [0.4, 0.5) is 0 Å². The molecule has 1 fully saturated rings. The summed E-state index contributed by atoms with van der Waals surface area (Å²) in [5.74, 6) is 1.40. The minimum Gasteiger partial charge on any atom is -0.490 e. The number of aromatic nitrogens is 4. The van der Waals surface area contributed by atoms with E-state index in [1.54, 1.807) is 24.7 Å². The largest absolute Gasteiger partial charge is 0.490 e. The molecule has 28 heavy (non-hydrogen) atoms. The maximum Gasteiger partial charge on any atom is 0.257 e. The van der Waals surface area contributed by atoms with Gasteiger partial charge in [0.25, 0.3) is 5.91 Å². The number of hydrogen-bond acceptors (Lipinski definition) is 5. The van der Waals surface area contributed by atoms with Crippen molar-refractivity contribution in [3.63, 3.8) is 0 Å². The predicted molar refractivity (Wildman–Crippen MR) is 105 cm³/mol. The molecular formula is C21H23N5O2. The van der Waals surface area contributed by atoms with Crippen molar-refractivity contribution in [2.75, 3.05) is 13.1 Å². The number of likely N-dealkylation sites (tertiary alicyclic amines) is 1. The molecule has 1 aromatic carbocycles. The molecule has 0 radical (unpaired) electrons. The van der Waals surface area contributed by atoms with Crippen molar-refractivity contribution in [2.24, 2.45) is 0 Å². The van der Waals surface area contributed by atoms with Crippen LogP contribution in [0.25, 0.3) is 5.82 Å². The number of hydrogen-bond donors (Lipinski definition) is 0. The van der Waals surface area contributed by atoms with E-state index < -0.39 is 0 Å². The average molecular weight is 377 g/mol. The summed E-state index contributed by atoms with van der Waals surface area (Å²) in [5, 5.41) is 4.10. The third-order valence-electron chi connectivity index (χ3n) is 5.02. The van der Waals surface area contributed by atoms with Gasteiger partial charge in [0.2, 0.25) is 0 Å². The molecule has 3 aromatic rings. The van der Waals surface area contributed by atoms with Crippen LogP contribution in [-0.2, 0) is 0 Å². The third kappa shape index (κ3) is 3.74. The molecule has 1 saturated heterocycles. The van der Waals surface area contributed by atoms with E-state index >= 15 is 0 Å². The highest BCUT2D eigenvalue weighted by molar-refractivity contribution is 5.97. The summed E-state index contributed by atoms with van der Waals surface area (Å²) in [5.41, 5.74) is 2.85. The summed E-state index contributed by atoms with van der Waals surface area (Å²) >= 11 is 0. The number of benzene rings is 1. The van der Waals surface area contributed by atoms with Gasteiger partial charge in [-0.15, -0.1) is 0 Å². The lowest BCUT2D eigenvalue weighted by Gasteiger charge is -2.32. The van der Waals surface area contributed by atoms with Gasteiger partial charge in [-0.2, -0.15) is 5.10 Å². The van der Waals surface area contributed by atoms with Crippen molar-refractivity contribution >= 4 is 5.91 Å². The van der Waals surface area contributed by atoms with Crippen LogP contribution in [-0.4, -0.2) is 49.7 Å². The van der Waals surface area contributed by atoms with Crippen molar-refractivity contribution in [2.45, 2.75) is 32.8 Å². The predicted octanol–water partition coefficient (Wildman–Crippen LogP) is 2.96. The van der Waals surface area contributed by atoms with E-state index in [1.165, 1.54) is 16.6 Å². The first kappa shape index (κ1) is 18.2. The molecule has 0 saturated carbocycles. The first-order valence-electron chi connectivity index (χ1n) is 9.45. The Morgan fingerprint density at radius 2 is 2.00 bits per heavy atom. The van der Waals surface area contributed by atoms with Gasteiger partial charge in [0, 0.05) is 32.1 Å². The smallest absolute Gasteiger partial charge is 0.257 e. The van der Waals surface area contributed by atoms with E-state index in [0.29, 0.717) is 24.5 Å². The highest BCUT2D eigenvalue weighted by Gasteiger charge is 2.27. The van der Waals surface area contributed by atoms with Crippen molar-refractivity contribution in [3.8, 4) is 11.6 Å². The van der Waals surface area contributed by atoms with Crippen molar-refractivity contribution in [1.82, 2.24) is 24.6 Å². The third-order valence-corrected chi connectivity index (χ3v) is 5.02. The van der Waals surface area contributed by atoms with Crippen molar-refractivity contribution in [1.29, 1.82) is 0 Å².